The highest BCUT2D eigenvalue weighted by molar-refractivity contribution is 7.26. The van der Waals surface area contributed by atoms with E-state index in [1.165, 1.54) is 30.9 Å². The van der Waals surface area contributed by atoms with E-state index in [-0.39, 0.29) is 0 Å². The third-order valence-electron chi connectivity index (χ3n) is 8.83. The van der Waals surface area contributed by atoms with E-state index in [0.29, 0.717) is 17.5 Å². The Balaban J connectivity index is 1.26. The smallest absolute Gasteiger partial charge is 0.164 e. The number of aromatic nitrogens is 4. The Bertz CT molecular complexity index is 2830. The van der Waals surface area contributed by atoms with Crippen LogP contribution in [-0.2, 0) is 0 Å². The second-order valence-corrected chi connectivity index (χ2v) is 12.5. The third-order valence-corrected chi connectivity index (χ3v) is 10.0. The Morgan fingerprint density at radius 3 is 2.17 bits per heavy atom. The molecule has 0 saturated carbocycles. The van der Waals surface area contributed by atoms with Crippen LogP contribution in [0.5, 0.6) is 0 Å². The topological polar surface area (TPSA) is 64.7 Å². The number of hydrogen-bond donors (Lipinski definition) is 0. The van der Waals surface area contributed by atoms with Crippen LogP contribution in [0.3, 0.4) is 0 Å². The molecule has 46 heavy (non-hydrogen) atoms. The fourth-order valence-corrected chi connectivity index (χ4v) is 7.87. The van der Waals surface area contributed by atoms with Gasteiger partial charge in [0.1, 0.15) is 11.2 Å². The van der Waals surface area contributed by atoms with Crippen LogP contribution in [0.2, 0.25) is 0 Å². The molecule has 0 aliphatic carbocycles. The maximum Gasteiger partial charge on any atom is 0.164 e. The Morgan fingerprint density at radius 2 is 1.22 bits per heavy atom. The molecule has 0 N–H and O–H groups in total. The third kappa shape index (κ3) is 3.81. The number of furan rings is 1. The van der Waals surface area contributed by atoms with Gasteiger partial charge in [-0.3, -0.25) is 4.98 Å². The zero-order valence-corrected chi connectivity index (χ0v) is 25.1. The molecule has 0 spiro atoms. The Labute approximate surface area is 266 Å². The van der Waals surface area contributed by atoms with Crippen molar-refractivity contribution in [3.8, 4) is 34.2 Å². The number of hydrogen-bond acceptors (Lipinski definition) is 6. The Morgan fingerprint density at radius 1 is 0.500 bits per heavy atom. The minimum Gasteiger partial charge on any atom is -0.456 e. The highest BCUT2D eigenvalue weighted by atomic mass is 32.1. The lowest BCUT2D eigenvalue weighted by atomic mass is 10.0. The normalized spacial score (nSPS) is 11.9. The minimum atomic E-state index is 0.608. The number of para-hydroxylation sites is 1. The van der Waals surface area contributed by atoms with Crippen LogP contribution < -0.4 is 0 Å². The predicted molar refractivity (Wildman–Crippen MR) is 189 cm³/mol. The van der Waals surface area contributed by atoms with Gasteiger partial charge in [0.15, 0.2) is 17.5 Å². The molecule has 0 bridgehead atoms. The summed E-state index contributed by atoms with van der Waals surface area (Å²) in [5.41, 5.74) is 4.45. The van der Waals surface area contributed by atoms with Crippen molar-refractivity contribution in [1.29, 1.82) is 0 Å². The average Bonchev–Trinajstić information content (AvgIpc) is 3.70. The van der Waals surface area contributed by atoms with E-state index in [1.54, 1.807) is 11.3 Å². The van der Waals surface area contributed by atoms with Gasteiger partial charge in [0.05, 0.1) is 4.70 Å². The van der Waals surface area contributed by atoms with Crippen LogP contribution in [0.1, 0.15) is 0 Å². The van der Waals surface area contributed by atoms with Gasteiger partial charge in [0.2, 0.25) is 0 Å². The largest absolute Gasteiger partial charge is 0.456 e. The standard InChI is InChI=1S/C40H22N4OS/c1-2-8-24-21-25(16-15-23(24)7-1)38-42-39(44-40(43-38)32-12-6-14-34-36(32)31-9-3-4-13-33(31)45-34)30-11-5-10-28-26(30)17-18-29-27-19-20-41-22-35(27)46-37(28)29/h1-22H. The minimum absolute atomic E-state index is 0.608. The number of rotatable bonds is 3. The van der Waals surface area contributed by atoms with E-state index in [0.717, 1.165) is 49.4 Å². The fraction of sp³-hybridized carbons (Fsp3) is 0. The van der Waals surface area contributed by atoms with Gasteiger partial charge in [-0.25, -0.2) is 15.0 Å². The lowest BCUT2D eigenvalue weighted by Crippen LogP contribution is -2.01. The Hall–Kier alpha value is -5.98. The van der Waals surface area contributed by atoms with Crippen molar-refractivity contribution in [2.24, 2.45) is 0 Å². The van der Waals surface area contributed by atoms with E-state index in [9.17, 15) is 0 Å². The van der Waals surface area contributed by atoms with E-state index in [2.05, 4.69) is 96.0 Å². The number of benzene rings is 6. The first-order chi connectivity index (χ1) is 22.8. The first kappa shape index (κ1) is 25.4. The van der Waals surface area contributed by atoms with Crippen LogP contribution in [0.4, 0.5) is 0 Å². The van der Waals surface area contributed by atoms with Gasteiger partial charge in [0.25, 0.3) is 0 Å². The number of thiophene rings is 1. The molecule has 10 rings (SSSR count). The lowest BCUT2D eigenvalue weighted by Gasteiger charge is -2.11. The quantitative estimate of drug-likeness (QED) is 0.200. The highest BCUT2D eigenvalue weighted by Crippen LogP contribution is 2.41. The molecule has 214 valence electrons. The van der Waals surface area contributed by atoms with E-state index in [4.69, 9.17) is 19.4 Å². The van der Waals surface area contributed by atoms with Crippen LogP contribution in [0, 0.1) is 0 Å². The van der Waals surface area contributed by atoms with Crippen molar-refractivity contribution in [1.82, 2.24) is 19.9 Å². The average molecular weight is 607 g/mol. The molecule has 10 aromatic rings. The summed E-state index contributed by atoms with van der Waals surface area (Å²) in [6.07, 6.45) is 3.81. The van der Waals surface area contributed by atoms with Gasteiger partial charge in [-0.2, -0.15) is 0 Å². The summed E-state index contributed by atoms with van der Waals surface area (Å²) in [6, 6.07) is 41.8. The van der Waals surface area contributed by atoms with Crippen LogP contribution >= 0.6 is 11.3 Å². The van der Waals surface area contributed by atoms with Gasteiger partial charge >= 0.3 is 0 Å². The summed E-state index contributed by atoms with van der Waals surface area (Å²) in [5, 5.41) is 9.08. The molecule has 4 aromatic heterocycles. The SMILES string of the molecule is c1ccc2cc(-c3nc(-c4cccc5c4ccc4c6ccncc6sc54)nc(-c4cccc5oc6ccccc6c45)n3)ccc2c1. The van der Waals surface area contributed by atoms with Crippen molar-refractivity contribution in [2.45, 2.75) is 0 Å². The molecule has 0 atom stereocenters. The van der Waals surface area contributed by atoms with E-state index in [1.807, 2.05) is 42.7 Å². The lowest BCUT2D eigenvalue weighted by molar-refractivity contribution is 0.669. The van der Waals surface area contributed by atoms with Crippen molar-refractivity contribution < 1.29 is 4.42 Å². The molecule has 0 radical (unpaired) electrons. The summed E-state index contributed by atoms with van der Waals surface area (Å²) in [6.45, 7) is 0. The van der Waals surface area contributed by atoms with E-state index >= 15 is 0 Å². The van der Waals surface area contributed by atoms with Crippen molar-refractivity contribution in [3.63, 3.8) is 0 Å². The van der Waals surface area contributed by atoms with Gasteiger partial charge in [-0.05, 0) is 40.4 Å². The predicted octanol–water partition coefficient (Wildman–Crippen LogP) is 10.8. The molecular formula is C40H22N4OS. The first-order valence-corrected chi connectivity index (χ1v) is 15.9. The maximum absolute atomic E-state index is 6.24. The van der Waals surface area contributed by atoms with E-state index < -0.39 is 0 Å². The van der Waals surface area contributed by atoms with Crippen molar-refractivity contribution >= 4 is 75.0 Å². The molecule has 0 amide bonds. The van der Waals surface area contributed by atoms with Crippen LogP contribution in [0.15, 0.2) is 138 Å². The number of nitrogens with zero attached hydrogens (tertiary/aromatic N) is 4. The van der Waals surface area contributed by atoms with Crippen molar-refractivity contribution in [3.05, 3.63) is 134 Å². The molecule has 0 aliphatic rings. The molecule has 0 unspecified atom stereocenters. The maximum atomic E-state index is 6.24. The summed E-state index contributed by atoms with van der Waals surface area (Å²) < 4.78 is 8.66. The molecule has 0 fully saturated rings. The number of fused-ring (bicyclic) bond motifs is 9. The summed E-state index contributed by atoms with van der Waals surface area (Å²) in [4.78, 5) is 19.9. The van der Waals surface area contributed by atoms with Gasteiger partial charge < -0.3 is 4.42 Å². The second kappa shape index (κ2) is 9.76. The zero-order valence-electron chi connectivity index (χ0n) is 24.3. The Kier molecular flexibility index (Phi) is 5.38. The van der Waals surface area contributed by atoms with Crippen LogP contribution in [0.25, 0.3) is 97.8 Å². The van der Waals surface area contributed by atoms with Crippen molar-refractivity contribution in [2.75, 3.05) is 0 Å². The first-order valence-electron chi connectivity index (χ1n) is 15.1. The molecule has 5 nitrogen and oxygen atoms in total. The molecule has 6 heteroatoms. The second-order valence-electron chi connectivity index (χ2n) is 11.5. The van der Waals surface area contributed by atoms with Gasteiger partial charge in [0, 0.05) is 60.7 Å². The molecule has 4 heterocycles. The van der Waals surface area contributed by atoms with Gasteiger partial charge in [-0.15, -0.1) is 11.3 Å². The highest BCUT2D eigenvalue weighted by Gasteiger charge is 2.19. The summed E-state index contributed by atoms with van der Waals surface area (Å²) >= 11 is 1.77. The molecular weight excluding hydrogens is 585 g/mol. The molecule has 0 saturated heterocycles. The fourth-order valence-electron chi connectivity index (χ4n) is 6.68. The molecule has 0 aliphatic heterocycles. The zero-order chi connectivity index (χ0) is 30.2. The van der Waals surface area contributed by atoms with Crippen LogP contribution in [-0.4, -0.2) is 19.9 Å². The number of pyridine rings is 1. The molecule has 6 aromatic carbocycles. The summed E-state index contributed by atoms with van der Waals surface area (Å²) in [7, 11) is 0. The summed E-state index contributed by atoms with van der Waals surface area (Å²) in [5.74, 6) is 1.86. The monoisotopic (exact) mass is 606 g/mol. The van der Waals surface area contributed by atoms with Gasteiger partial charge in [-0.1, -0.05) is 97.1 Å².